The molecule has 9 nitrogen and oxygen atoms in total. The second kappa shape index (κ2) is 17.4. The van der Waals surface area contributed by atoms with Gasteiger partial charge in [-0.2, -0.15) is 5.10 Å². The number of rotatable bonds is 6. The van der Waals surface area contributed by atoms with Crippen LogP contribution in [0.4, 0.5) is 24.5 Å². The van der Waals surface area contributed by atoms with Crippen LogP contribution >= 0.6 is 11.6 Å². The number of anilines is 2. The summed E-state index contributed by atoms with van der Waals surface area (Å²) in [5, 5.41) is 10.7. The van der Waals surface area contributed by atoms with Crippen molar-refractivity contribution in [1.82, 2.24) is 9.78 Å². The van der Waals surface area contributed by atoms with E-state index < -0.39 is 6.36 Å². The van der Waals surface area contributed by atoms with Crippen LogP contribution in [0.15, 0.2) is 35.3 Å². The third-order valence-corrected chi connectivity index (χ3v) is 7.19. The van der Waals surface area contributed by atoms with Crippen molar-refractivity contribution in [2.24, 2.45) is 5.92 Å². The molecule has 0 amide bonds. The maximum atomic E-state index is 12.4. The number of nitrogens with zero attached hydrogens (tertiary/aromatic N) is 2. The molecule has 2 N–H and O–H groups in total. The second-order valence-electron chi connectivity index (χ2n) is 9.92. The topological polar surface area (TPSA) is 95.9 Å². The molecule has 1 unspecified atom stereocenters. The normalized spacial score (nSPS) is 19.6. The molecule has 2 aliphatic heterocycles. The summed E-state index contributed by atoms with van der Waals surface area (Å²) >= 11 is 6.27. The van der Waals surface area contributed by atoms with Crippen LogP contribution in [0.3, 0.4) is 0 Å². The van der Waals surface area contributed by atoms with Gasteiger partial charge in [-0.1, -0.05) is 30.9 Å². The zero-order valence-corrected chi connectivity index (χ0v) is 24.1. The van der Waals surface area contributed by atoms with Crippen LogP contribution in [0.25, 0.3) is 0 Å². The molecule has 1 atom stereocenters. The molecule has 230 valence electrons. The third-order valence-electron chi connectivity index (χ3n) is 6.82. The quantitative estimate of drug-likeness (QED) is 0.421. The molecule has 1 aromatic heterocycles. The predicted octanol–water partition coefficient (Wildman–Crippen LogP) is 5.90. The first-order valence-corrected chi connectivity index (χ1v) is 14.4. The number of hydrogen-bond donors (Lipinski definition) is 2. The molecule has 0 spiro atoms. The van der Waals surface area contributed by atoms with Gasteiger partial charge in [0.2, 0.25) is 0 Å². The minimum Gasteiger partial charge on any atom is -0.406 e. The molecule has 1 aromatic carbocycles. The average Bonchev–Trinajstić information content (AvgIpc) is 3.00. The Morgan fingerprint density at radius 3 is 2.17 bits per heavy atom. The van der Waals surface area contributed by atoms with Gasteiger partial charge in [-0.25, -0.2) is 4.68 Å². The fraction of sp³-hybridized carbons (Fsp3) is 0.643. The Morgan fingerprint density at radius 1 is 0.976 bits per heavy atom. The van der Waals surface area contributed by atoms with Crippen LogP contribution in [0.1, 0.15) is 51.0 Å². The van der Waals surface area contributed by atoms with E-state index in [1.165, 1.54) is 30.7 Å². The Morgan fingerprint density at radius 2 is 1.63 bits per heavy atom. The number of ether oxygens (including phenoxy) is 4. The van der Waals surface area contributed by atoms with Crippen molar-refractivity contribution in [1.29, 1.82) is 0 Å². The van der Waals surface area contributed by atoms with Gasteiger partial charge < -0.3 is 29.6 Å². The Balaban J connectivity index is 0.000000204. The van der Waals surface area contributed by atoms with Crippen molar-refractivity contribution in [3.8, 4) is 5.75 Å². The number of benzene rings is 1. The smallest absolute Gasteiger partial charge is 0.406 e. The zero-order chi connectivity index (χ0) is 29.5. The fourth-order valence-corrected chi connectivity index (χ4v) is 4.84. The summed E-state index contributed by atoms with van der Waals surface area (Å²) in [5.74, 6) is 0.261. The largest absolute Gasteiger partial charge is 0.573 e. The summed E-state index contributed by atoms with van der Waals surface area (Å²) in [6.07, 6.45) is 4.95. The maximum Gasteiger partial charge on any atom is 0.573 e. The van der Waals surface area contributed by atoms with Crippen molar-refractivity contribution in [3.63, 3.8) is 0 Å². The molecule has 0 radical (unpaired) electrons. The highest BCUT2D eigenvalue weighted by Gasteiger charge is 2.31. The van der Waals surface area contributed by atoms with Gasteiger partial charge >= 0.3 is 6.36 Å². The minimum atomic E-state index is -4.62. The van der Waals surface area contributed by atoms with Crippen molar-refractivity contribution in [3.05, 3.63) is 45.8 Å². The molecule has 3 heterocycles. The number of alkyl halides is 3. The lowest BCUT2D eigenvalue weighted by atomic mass is 9.96. The lowest BCUT2D eigenvalue weighted by molar-refractivity contribution is -0.274. The van der Waals surface area contributed by atoms with E-state index >= 15 is 0 Å². The Kier molecular flexibility index (Phi) is 14.0. The van der Waals surface area contributed by atoms with Crippen molar-refractivity contribution in [2.75, 3.05) is 63.9 Å². The third kappa shape index (κ3) is 12.1. The van der Waals surface area contributed by atoms with Crippen molar-refractivity contribution < 1.29 is 32.1 Å². The first-order valence-electron chi connectivity index (χ1n) is 14.0. The summed E-state index contributed by atoms with van der Waals surface area (Å²) < 4.78 is 55.7. The SMILES string of the molecule is C1COCCO1.CNc1ccc(OC(F)(F)F)cc1.O=c1c(Cl)c(NCC2CCCOC2)cnn1C1CCCCC1. The lowest BCUT2D eigenvalue weighted by Gasteiger charge is -2.24. The molecule has 5 rings (SSSR count). The van der Waals surface area contributed by atoms with E-state index in [-0.39, 0.29) is 22.4 Å². The summed E-state index contributed by atoms with van der Waals surface area (Å²) in [6.45, 7) is 5.52. The van der Waals surface area contributed by atoms with E-state index in [0.717, 1.165) is 90.4 Å². The molecular formula is C28H40ClF3N4O5. The maximum absolute atomic E-state index is 12.4. The van der Waals surface area contributed by atoms with Crippen LogP contribution in [-0.4, -0.2) is 69.4 Å². The number of nitrogens with one attached hydrogen (secondary N) is 2. The van der Waals surface area contributed by atoms with E-state index in [2.05, 4.69) is 20.5 Å². The minimum absolute atomic E-state index is 0.168. The monoisotopic (exact) mass is 604 g/mol. The highest BCUT2D eigenvalue weighted by Crippen LogP contribution is 2.28. The lowest BCUT2D eigenvalue weighted by Crippen LogP contribution is -2.30. The van der Waals surface area contributed by atoms with Crippen molar-refractivity contribution >= 4 is 23.0 Å². The number of halogens is 4. The molecule has 3 fully saturated rings. The van der Waals surface area contributed by atoms with Gasteiger partial charge in [-0.05, 0) is 55.9 Å². The molecule has 3 aliphatic rings. The summed E-state index contributed by atoms with van der Waals surface area (Å²) in [5.41, 5.74) is 1.21. The fourth-order valence-electron chi connectivity index (χ4n) is 4.64. The predicted molar refractivity (Wildman–Crippen MR) is 152 cm³/mol. The van der Waals surface area contributed by atoms with E-state index in [0.29, 0.717) is 11.6 Å². The Labute approximate surface area is 243 Å². The van der Waals surface area contributed by atoms with Gasteiger partial charge in [0.25, 0.3) is 5.56 Å². The zero-order valence-electron chi connectivity index (χ0n) is 23.4. The van der Waals surface area contributed by atoms with Gasteiger partial charge in [-0.15, -0.1) is 13.2 Å². The van der Waals surface area contributed by atoms with Gasteiger partial charge in [0.05, 0.1) is 51.0 Å². The standard InChI is InChI=1S/C16H24ClN3O2.C8H8F3NO.C4H8O2/c17-15-14(18-9-12-5-4-8-22-11-12)10-19-20(16(15)21)13-6-2-1-3-7-13;1-12-6-2-4-7(5-3-6)13-8(9,10)11;1-2-6-4-3-5-1/h10,12-13,18H,1-9,11H2;2-5,12H,1H3;1-4H2. The van der Waals surface area contributed by atoms with E-state index in [9.17, 15) is 18.0 Å². The number of hydrogen-bond acceptors (Lipinski definition) is 8. The Hall–Kier alpha value is -2.54. The van der Waals surface area contributed by atoms with Crippen LogP contribution in [-0.2, 0) is 14.2 Å². The molecule has 2 aromatic rings. The van der Waals surface area contributed by atoms with Crippen LogP contribution < -0.4 is 20.9 Å². The first kappa shape index (κ1) is 33.0. The summed E-state index contributed by atoms with van der Waals surface area (Å²) in [6, 6.07) is 5.71. The molecule has 1 aliphatic carbocycles. The summed E-state index contributed by atoms with van der Waals surface area (Å²) in [7, 11) is 1.68. The molecule has 13 heteroatoms. The molecule has 2 saturated heterocycles. The van der Waals surface area contributed by atoms with E-state index in [1.54, 1.807) is 17.9 Å². The second-order valence-corrected chi connectivity index (χ2v) is 10.3. The van der Waals surface area contributed by atoms with E-state index in [4.69, 9.17) is 25.8 Å². The van der Waals surface area contributed by atoms with Crippen LogP contribution in [0.2, 0.25) is 5.02 Å². The van der Waals surface area contributed by atoms with Crippen molar-refractivity contribution in [2.45, 2.75) is 57.3 Å². The van der Waals surface area contributed by atoms with Crippen LogP contribution in [0.5, 0.6) is 5.75 Å². The molecule has 41 heavy (non-hydrogen) atoms. The van der Waals surface area contributed by atoms with Gasteiger partial charge in [0.1, 0.15) is 10.8 Å². The van der Waals surface area contributed by atoms with Crippen LogP contribution in [0, 0.1) is 5.92 Å². The van der Waals surface area contributed by atoms with Gasteiger partial charge in [0, 0.05) is 25.9 Å². The first-order chi connectivity index (χ1) is 19.8. The Bertz CT molecular complexity index is 1060. The molecular weight excluding hydrogens is 565 g/mol. The highest BCUT2D eigenvalue weighted by molar-refractivity contribution is 6.32. The average molecular weight is 605 g/mol. The molecule has 1 saturated carbocycles. The summed E-state index contributed by atoms with van der Waals surface area (Å²) in [4.78, 5) is 12.4. The highest BCUT2D eigenvalue weighted by atomic mass is 35.5. The number of aromatic nitrogens is 2. The van der Waals surface area contributed by atoms with Gasteiger partial charge in [0.15, 0.2) is 0 Å². The van der Waals surface area contributed by atoms with E-state index in [1.807, 2.05) is 0 Å². The van der Waals surface area contributed by atoms with Gasteiger partial charge in [-0.3, -0.25) is 4.79 Å². The molecule has 0 bridgehead atoms.